The third-order valence-corrected chi connectivity index (χ3v) is 3.83. The summed E-state index contributed by atoms with van der Waals surface area (Å²) in [5.41, 5.74) is 0. The minimum absolute atomic E-state index is 0.0471. The van der Waals surface area contributed by atoms with Crippen molar-refractivity contribution in [3.8, 4) is 0 Å². The Morgan fingerprint density at radius 3 is 1.43 bits per heavy atom. The number of carbonyl (C=O) groups excluding carboxylic acids is 6. The number of carbonyl (C=O) groups is 6. The van der Waals surface area contributed by atoms with Gasteiger partial charge in [0.05, 0.1) is 0 Å². The molecule has 0 unspecified atom stereocenters. The zero-order valence-electron chi connectivity index (χ0n) is 16.0. The molecule has 28 heavy (non-hydrogen) atoms. The fourth-order valence-corrected chi connectivity index (χ4v) is 2.55. The molecule has 1 aliphatic heterocycles. The number of hydrogen-bond donors (Lipinski definition) is 0. The normalized spacial score (nSPS) is 24.8. The average molecular weight is 392 g/mol. The molecule has 1 heterocycles. The molecule has 0 saturated heterocycles. The van der Waals surface area contributed by atoms with Gasteiger partial charge in [0, 0.05) is 37.8 Å². The lowest BCUT2D eigenvalue weighted by atomic mass is 10.1. The molecule has 0 fully saturated rings. The minimum atomic E-state index is -0.804. The summed E-state index contributed by atoms with van der Waals surface area (Å²) in [5, 5.41) is 0. The first-order chi connectivity index (χ1) is 13.2. The smallest absolute Gasteiger partial charge is 0.331 e. The number of ether oxygens (including phenoxy) is 2. The van der Waals surface area contributed by atoms with Gasteiger partial charge in [0.1, 0.15) is 23.8 Å². The SMILES string of the molecule is CC(=O)C[C@@H]1CCC(=O)/C=C\C(=O)O[C@H](CC(C)=O)CCC(=O)/C=C\C(=O)O1. The molecular formula is C20H24O8. The number of allylic oxidation sites excluding steroid dienone is 2. The van der Waals surface area contributed by atoms with Crippen LogP contribution in [0.15, 0.2) is 24.3 Å². The molecule has 0 bridgehead atoms. The first-order valence-electron chi connectivity index (χ1n) is 8.97. The Balaban J connectivity index is 2.95. The molecule has 1 rings (SSSR count). The van der Waals surface area contributed by atoms with Crippen LogP contribution >= 0.6 is 0 Å². The fourth-order valence-electron chi connectivity index (χ4n) is 2.55. The van der Waals surface area contributed by atoms with Crippen LogP contribution < -0.4 is 0 Å². The number of esters is 2. The van der Waals surface area contributed by atoms with Gasteiger partial charge < -0.3 is 9.47 Å². The van der Waals surface area contributed by atoms with Gasteiger partial charge in [-0.05, 0) is 38.8 Å². The Labute approximate surface area is 162 Å². The van der Waals surface area contributed by atoms with E-state index in [1.807, 2.05) is 0 Å². The summed E-state index contributed by atoms with van der Waals surface area (Å²) in [5.74, 6) is -2.81. The van der Waals surface area contributed by atoms with Gasteiger partial charge in [0.2, 0.25) is 0 Å². The van der Waals surface area contributed by atoms with Crippen LogP contribution in [0.5, 0.6) is 0 Å². The maximum absolute atomic E-state index is 11.9. The second-order valence-corrected chi connectivity index (χ2v) is 6.61. The quantitative estimate of drug-likeness (QED) is 0.661. The van der Waals surface area contributed by atoms with Gasteiger partial charge in [-0.1, -0.05) is 0 Å². The van der Waals surface area contributed by atoms with Gasteiger partial charge in [-0.25, -0.2) is 9.59 Å². The third kappa shape index (κ3) is 10.3. The van der Waals surface area contributed by atoms with Crippen molar-refractivity contribution < 1.29 is 38.2 Å². The topological polar surface area (TPSA) is 121 Å². The summed E-state index contributed by atoms with van der Waals surface area (Å²) in [4.78, 5) is 70.2. The van der Waals surface area contributed by atoms with Crippen molar-refractivity contribution in [2.45, 2.75) is 64.6 Å². The van der Waals surface area contributed by atoms with Crippen LogP contribution in [0, 0.1) is 0 Å². The second-order valence-electron chi connectivity index (χ2n) is 6.61. The van der Waals surface area contributed by atoms with Crippen LogP contribution in [0.2, 0.25) is 0 Å². The van der Waals surface area contributed by atoms with Gasteiger partial charge in [0.15, 0.2) is 11.6 Å². The van der Waals surface area contributed by atoms with Crippen molar-refractivity contribution in [2.24, 2.45) is 0 Å². The summed E-state index contributed by atoms with van der Waals surface area (Å²) in [6.07, 6.45) is 2.36. The molecule has 0 aromatic rings. The summed E-state index contributed by atoms with van der Waals surface area (Å²) in [6.45, 7) is 2.67. The number of cyclic esters (lactones) is 2. The predicted octanol–water partition coefficient (Wildman–Crippen LogP) is 1.59. The number of ketones is 4. The van der Waals surface area contributed by atoms with Crippen LogP contribution in [0.25, 0.3) is 0 Å². The Morgan fingerprint density at radius 1 is 0.750 bits per heavy atom. The number of Topliss-reactive ketones (excluding diaryl/α,β-unsaturated/α-hetero) is 2. The van der Waals surface area contributed by atoms with E-state index in [4.69, 9.17) is 9.47 Å². The van der Waals surface area contributed by atoms with E-state index in [1.54, 1.807) is 0 Å². The Bertz CT molecular complexity index is 641. The van der Waals surface area contributed by atoms with Gasteiger partial charge in [-0.3, -0.25) is 19.2 Å². The maximum Gasteiger partial charge on any atom is 0.331 e. The predicted molar refractivity (Wildman–Crippen MR) is 97.1 cm³/mol. The first kappa shape index (κ1) is 23.1. The van der Waals surface area contributed by atoms with Gasteiger partial charge in [-0.2, -0.15) is 0 Å². The van der Waals surface area contributed by atoms with E-state index in [1.165, 1.54) is 13.8 Å². The van der Waals surface area contributed by atoms with E-state index >= 15 is 0 Å². The first-order valence-corrected chi connectivity index (χ1v) is 8.97. The highest BCUT2D eigenvalue weighted by molar-refractivity contribution is 5.97. The molecule has 0 radical (unpaired) electrons. The monoisotopic (exact) mass is 392 g/mol. The minimum Gasteiger partial charge on any atom is -0.459 e. The van der Waals surface area contributed by atoms with E-state index in [-0.39, 0.29) is 50.1 Å². The molecule has 8 nitrogen and oxygen atoms in total. The molecule has 0 aromatic carbocycles. The molecule has 0 spiro atoms. The molecule has 0 N–H and O–H groups in total. The Kier molecular flexibility index (Phi) is 9.70. The van der Waals surface area contributed by atoms with Crippen molar-refractivity contribution in [3.63, 3.8) is 0 Å². The largest absolute Gasteiger partial charge is 0.459 e. The standard InChI is InChI=1S/C20H24O8/c1-13(21)11-17-7-3-15(23)6-10-20(26)28-18(12-14(2)22)8-4-16(24)5-9-19(25)27-17/h5-6,9-10,17-18H,3-4,7-8,11-12H2,1-2H3/b9-5-,10-6-/t17-,18-/m0/s1. The van der Waals surface area contributed by atoms with E-state index < -0.39 is 35.7 Å². The third-order valence-electron chi connectivity index (χ3n) is 3.83. The molecule has 152 valence electrons. The summed E-state index contributed by atoms with van der Waals surface area (Å²) in [7, 11) is 0. The lowest BCUT2D eigenvalue weighted by Crippen LogP contribution is -2.22. The average Bonchev–Trinajstić information content (AvgIpc) is 2.59. The lowest BCUT2D eigenvalue weighted by Gasteiger charge is -2.16. The maximum atomic E-state index is 11.9. The van der Waals surface area contributed by atoms with Crippen LogP contribution in [0.4, 0.5) is 0 Å². The van der Waals surface area contributed by atoms with Crippen LogP contribution in [0.3, 0.4) is 0 Å². The van der Waals surface area contributed by atoms with Crippen molar-refractivity contribution >= 4 is 35.1 Å². The van der Waals surface area contributed by atoms with E-state index in [0.717, 1.165) is 24.3 Å². The van der Waals surface area contributed by atoms with Crippen molar-refractivity contribution in [3.05, 3.63) is 24.3 Å². The van der Waals surface area contributed by atoms with E-state index in [2.05, 4.69) is 0 Å². The molecular weight excluding hydrogens is 368 g/mol. The molecule has 0 amide bonds. The van der Waals surface area contributed by atoms with Crippen LogP contribution in [0.1, 0.15) is 52.4 Å². The summed E-state index contributed by atoms with van der Waals surface area (Å²) >= 11 is 0. The zero-order chi connectivity index (χ0) is 21.1. The van der Waals surface area contributed by atoms with Gasteiger partial charge in [0.25, 0.3) is 0 Å². The van der Waals surface area contributed by atoms with E-state index in [9.17, 15) is 28.8 Å². The zero-order valence-corrected chi connectivity index (χ0v) is 16.0. The van der Waals surface area contributed by atoms with Gasteiger partial charge in [-0.15, -0.1) is 0 Å². The molecule has 2 atom stereocenters. The van der Waals surface area contributed by atoms with Crippen molar-refractivity contribution in [1.82, 2.24) is 0 Å². The van der Waals surface area contributed by atoms with Crippen LogP contribution in [-0.4, -0.2) is 47.3 Å². The van der Waals surface area contributed by atoms with E-state index in [0.29, 0.717) is 0 Å². The summed E-state index contributed by atoms with van der Waals surface area (Å²) < 4.78 is 10.3. The molecule has 8 heteroatoms. The Morgan fingerprint density at radius 2 is 1.11 bits per heavy atom. The lowest BCUT2D eigenvalue weighted by molar-refractivity contribution is -0.145. The Hall–Kier alpha value is -2.90. The second kappa shape index (κ2) is 11.7. The van der Waals surface area contributed by atoms with Crippen LogP contribution in [-0.2, 0) is 38.2 Å². The highest BCUT2D eigenvalue weighted by Gasteiger charge is 2.19. The molecule has 1 aliphatic rings. The van der Waals surface area contributed by atoms with Gasteiger partial charge >= 0.3 is 11.9 Å². The summed E-state index contributed by atoms with van der Waals surface area (Å²) in [6, 6.07) is 0. The fraction of sp³-hybridized carbons (Fsp3) is 0.500. The molecule has 0 aromatic heterocycles. The molecule has 0 saturated carbocycles. The number of hydrogen-bond acceptors (Lipinski definition) is 8. The molecule has 0 aliphatic carbocycles. The highest BCUT2D eigenvalue weighted by atomic mass is 16.5. The highest BCUT2D eigenvalue weighted by Crippen LogP contribution is 2.12. The van der Waals surface area contributed by atoms with Crippen molar-refractivity contribution in [2.75, 3.05) is 0 Å². The number of rotatable bonds is 4. The van der Waals surface area contributed by atoms with Crippen molar-refractivity contribution in [1.29, 1.82) is 0 Å².